The molecule has 154 valence electrons. The Hall–Kier alpha value is -2.68. The van der Waals surface area contributed by atoms with Gasteiger partial charge in [0.05, 0.1) is 30.4 Å². The molecule has 1 amide bonds. The second-order valence-corrected chi connectivity index (χ2v) is 8.28. The van der Waals surface area contributed by atoms with Crippen LogP contribution < -0.4 is 10.1 Å². The van der Waals surface area contributed by atoms with Crippen molar-refractivity contribution in [1.82, 2.24) is 4.31 Å². The van der Waals surface area contributed by atoms with E-state index in [1.807, 2.05) is 19.1 Å². The zero-order valence-corrected chi connectivity index (χ0v) is 17.0. The Morgan fingerprint density at radius 2 is 1.83 bits per heavy atom. The molecule has 1 N–H and O–H groups in total. The number of para-hydroxylation sites is 2. The zero-order valence-electron chi connectivity index (χ0n) is 16.2. The molecule has 3 rings (SSSR count). The van der Waals surface area contributed by atoms with Crippen molar-refractivity contribution in [2.75, 3.05) is 38.2 Å². The average molecular weight is 416 g/mol. The summed E-state index contributed by atoms with van der Waals surface area (Å²) in [5, 5.41) is 2.78. The number of nitrogens with zero attached hydrogens (tertiary/aromatic N) is 1. The topological polar surface area (TPSA) is 84.9 Å². The van der Waals surface area contributed by atoms with Crippen LogP contribution in [0.5, 0.6) is 5.75 Å². The van der Waals surface area contributed by atoms with Gasteiger partial charge in [-0.3, -0.25) is 4.79 Å². The van der Waals surface area contributed by atoms with Crippen molar-refractivity contribution in [2.24, 2.45) is 0 Å². The van der Waals surface area contributed by atoms with E-state index in [0.717, 1.165) is 5.56 Å². The fourth-order valence-electron chi connectivity index (χ4n) is 2.88. The van der Waals surface area contributed by atoms with E-state index in [-0.39, 0.29) is 10.8 Å². The summed E-state index contributed by atoms with van der Waals surface area (Å²) in [7, 11) is -3.52. The smallest absolute Gasteiger partial charge is 0.248 e. The van der Waals surface area contributed by atoms with Crippen LogP contribution in [0.4, 0.5) is 5.69 Å². The van der Waals surface area contributed by atoms with Gasteiger partial charge in [0.1, 0.15) is 5.75 Å². The minimum atomic E-state index is -3.52. The monoisotopic (exact) mass is 416 g/mol. The van der Waals surface area contributed by atoms with Gasteiger partial charge >= 0.3 is 0 Å². The predicted octanol–water partition coefficient (Wildman–Crippen LogP) is 2.76. The maximum atomic E-state index is 12.6. The quantitative estimate of drug-likeness (QED) is 0.702. The molecular weight excluding hydrogens is 392 g/mol. The first kappa shape index (κ1) is 21.0. The van der Waals surface area contributed by atoms with Gasteiger partial charge in [-0.1, -0.05) is 24.3 Å². The van der Waals surface area contributed by atoms with Crippen LogP contribution in [-0.2, 0) is 19.6 Å². The minimum absolute atomic E-state index is 0.228. The van der Waals surface area contributed by atoms with E-state index in [9.17, 15) is 13.2 Å². The van der Waals surface area contributed by atoms with Crippen molar-refractivity contribution in [3.8, 4) is 5.75 Å². The number of anilines is 1. The molecule has 0 aromatic heterocycles. The Labute approximate surface area is 171 Å². The molecule has 1 saturated heterocycles. The maximum absolute atomic E-state index is 12.6. The number of rotatable bonds is 7. The SMILES string of the molecule is CCOc1ccccc1NC(=O)C=Cc1ccc(S(=O)(=O)N2CCOCC2)cc1. The van der Waals surface area contributed by atoms with Crippen molar-refractivity contribution >= 4 is 27.7 Å². The van der Waals surface area contributed by atoms with Crippen LogP contribution in [-0.4, -0.2) is 51.5 Å². The molecule has 0 unspecified atom stereocenters. The van der Waals surface area contributed by atoms with E-state index >= 15 is 0 Å². The molecule has 8 heteroatoms. The van der Waals surface area contributed by atoms with E-state index < -0.39 is 10.0 Å². The fraction of sp³-hybridized carbons (Fsp3) is 0.286. The number of carbonyl (C=O) groups excluding carboxylic acids is 1. The number of morpholine rings is 1. The standard InChI is InChI=1S/C21H24N2O5S/c1-2-28-20-6-4-3-5-19(20)22-21(24)12-9-17-7-10-18(11-8-17)29(25,26)23-13-15-27-16-14-23/h3-12H,2,13-16H2,1H3,(H,22,24). The second-order valence-electron chi connectivity index (χ2n) is 6.34. The molecule has 0 radical (unpaired) electrons. The van der Waals surface area contributed by atoms with Gasteiger partial charge in [0.25, 0.3) is 0 Å². The highest BCUT2D eigenvalue weighted by Crippen LogP contribution is 2.23. The van der Waals surface area contributed by atoms with Crippen molar-refractivity contribution < 1.29 is 22.7 Å². The lowest BCUT2D eigenvalue weighted by atomic mass is 10.2. The van der Waals surface area contributed by atoms with Crippen molar-refractivity contribution in [3.63, 3.8) is 0 Å². The molecule has 7 nitrogen and oxygen atoms in total. The van der Waals surface area contributed by atoms with Gasteiger partial charge in [-0.25, -0.2) is 8.42 Å². The highest BCUT2D eigenvalue weighted by molar-refractivity contribution is 7.89. The lowest BCUT2D eigenvalue weighted by molar-refractivity contribution is -0.111. The molecule has 0 spiro atoms. The van der Waals surface area contributed by atoms with E-state index in [1.54, 1.807) is 42.5 Å². The summed E-state index contributed by atoms with van der Waals surface area (Å²) in [6, 6.07) is 13.6. The summed E-state index contributed by atoms with van der Waals surface area (Å²) >= 11 is 0. The lowest BCUT2D eigenvalue weighted by Gasteiger charge is -2.26. The van der Waals surface area contributed by atoms with E-state index in [4.69, 9.17) is 9.47 Å². The highest BCUT2D eigenvalue weighted by atomic mass is 32.2. The van der Waals surface area contributed by atoms with Crippen molar-refractivity contribution in [3.05, 3.63) is 60.2 Å². The summed E-state index contributed by atoms with van der Waals surface area (Å²) in [4.78, 5) is 12.4. The van der Waals surface area contributed by atoms with Gasteiger partial charge < -0.3 is 14.8 Å². The Kier molecular flexibility index (Phi) is 7.03. The Morgan fingerprint density at radius 1 is 1.14 bits per heavy atom. The van der Waals surface area contributed by atoms with Crippen LogP contribution >= 0.6 is 0 Å². The number of benzene rings is 2. The molecule has 1 fully saturated rings. The number of hydrogen-bond donors (Lipinski definition) is 1. The highest BCUT2D eigenvalue weighted by Gasteiger charge is 2.25. The largest absolute Gasteiger partial charge is 0.492 e. The number of carbonyl (C=O) groups is 1. The Morgan fingerprint density at radius 3 is 2.52 bits per heavy atom. The maximum Gasteiger partial charge on any atom is 0.248 e. The second kappa shape index (κ2) is 9.69. The molecule has 0 saturated carbocycles. The molecule has 1 aliphatic rings. The summed E-state index contributed by atoms with van der Waals surface area (Å²) in [6.07, 6.45) is 3.03. The zero-order chi connectivity index (χ0) is 20.7. The van der Waals surface area contributed by atoms with Crippen LogP contribution in [0.2, 0.25) is 0 Å². The van der Waals surface area contributed by atoms with Gasteiger partial charge in [-0.15, -0.1) is 0 Å². The fourth-order valence-corrected chi connectivity index (χ4v) is 4.29. The molecule has 2 aromatic carbocycles. The van der Waals surface area contributed by atoms with Crippen LogP contribution in [0.1, 0.15) is 12.5 Å². The number of hydrogen-bond acceptors (Lipinski definition) is 5. The third-order valence-electron chi connectivity index (χ3n) is 4.36. The minimum Gasteiger partial charge on any atom is -0.492 e. The number of sulfonamides is 1. The van der Waals surface area contributed by atoms with Crippen LogP contribution in [0.15, 0.2) is 59.5 Å². The van der Waals surface area contributed by atoms with Gasteiger partial charge in [-0.05, 0) is 42.8 Å². The molecule has 29 heavy (non-hydrogen) atoms. The molecule has 1 heterocycles. The number of ether oxygens (including phenoxy) is 2. The predicted molar refractivity (Wildman–Crippen MR) is 111 cm³/mol. The summed E-state index contributed by atoms with van der Waals surface area (Å²) in [5.74, 6) is 0.302. The summed E-state index contributed by atoms with van der Waals surface area (Å²) in [5.41, 5.74) is 1.31. The Balaban J connectivity index is 1.65. The third-order valence-corrected chi connectivity index (χ3v) is 6.27. The first-order valence-electron chi connectivity index (χ1n) is 9.39. The van der Waals surface area contributed by atoms with Crippen LogP contribution in [0.25, 0.3) is 6.08 Å². The van der Waals surface area contributed by atoms with E-state index in [0.29, 0.717) is 44.3 Å². The van der Waals surface area contributed by atoms with Crippen LogP contribution in [0.3, 0.4) is 0 Å². The first-order valence-corrected chi connectivity index (χ1v) is 10.8. The molecule has 0 aliphatic carbocycles. The third kappa shape index (κ3) is 5.44. The molecule has 0 bridgehead atoms. The number of nitrogens with one attached hydrogen (secondary N) is 1. The van der Waals surface area contributed by atoms with Gasteiger partial charge in [0.2, 0.25) is 15.9 Å². The average Bonchev–Trinajstić information content (AvgIpc) is 2.75. The van der Waals surface area contributed by atoms with Crippen molar-refractivity contribution in [1.29, 1.82) is 0 Å². The van der Waals surface area contributed by atoms with Crippen molar-refractivity contribution in [2.45, 2.75) is 11.8 Å². The lowest BCUT2D eigenvalue weighted by Crippen LogP contribution is -2.40. The molecule has 1 aliphatic heterocycles. The number of amides is 1. The van der Waals surface area contributed by atoms with E-state index in [2.05, 4.69) is 5.32 Å². The molecular formula is C21H24N2O5S. The molecule has 2 aromatic rings. The first-order chi connectivity index (χ1) is 14.0. The van der Waals surface area contributed by atoms with E-state index in [1.165, 1.54) is 10.4 Å². The van der Waals surface area contributed by atoms with Gasteiger partial charge in [0, 0.05) is 19.2 Å². The normalized spacial score (nSPS) is 15.3. The van der Waals surface area contributed by atoms with Crippen LogP contribution in [0, 0.1) is 0 Å². The summed E-state index contributed by atoms with van der Waals surface area (Å²) in [6.45, 7) is 3.90. The summed E-state index contributed by atoms with van der Waals surface area (Å²) < 4.78 is 37.4. The van der Waals surface area contributed by atoms with Gasteiger partial charge in [0.15, 0.2) is 0 Å². The Bertz CT molecular complexity index is 965. The van der Waals surface area contributed by atoms with Gasteiger partial charge in [-0.2, -0.15) is 4.31 Å². The molecule has 0 atom stereocenters.